The van der Waals surface area contributed by atoms with Crippen LogP contribution in [0.4, 0.5) is 11.4 Å². The van der Waals surface area contributed by atoms with Crippen molar-refractivity contribution in [2.75, 3.05) is 0 Å². The zero-order valence-corrected chi connectivity index (χ0v) is 17.4. The number of aromatic hydroxyl groups is 1. The zero-order chi connectivity index (χ0) is 22.8. The second-order valence-corrected chi connectivity index (χ2v) is 7.56. The molecule has 162 valence electrons. The molecule has 5 aromatic rings. The summed E-state index contributed by atoms with van der Waals surface area (Å²) in [6, 6.07) is 21.7. The van der Waals surface area contributed by atoms with Gasteiger partial charge >= 0.3 is 0 Å². The van der Waals surface area contributed by atoms with Crippen LogP contribution < -0.4 is 0 Å². The normalized spacial score (nSPS) is 11.7. The van der Waals surface area contributed by atoms with E-state index < -0.39 is 4.92 Å². The molecule has 0 radical (unpaired) electrons. The molecule has 0 spiro atoms. The average Bonchev–Trinajstić information content (AvgIpc) is 3.45. The molecule has 0 aliphatic rings. The number of nitrogens with zero attached hydrogens (tertiary/aromatic N) is 4. The van der Waals surface area contributed by atoms with Gasteiger partial charge in [0.2, 0.25) is 0 Å². The molecule has 2 heterocycles. The van der Waals surface area contributed by atoms with Crippen molar-refractivity contribution in [3.8, 4) is 5.88 Å². The van der Waals surface area contributed by atoms with E-state index in [0.717, 1.165) is 11.1 Å². The third-order valence-electron chi connectivity index (χ3n) is 5.36. The highest BCUT2D eigenvalue weighted by atomic mass is 16.6. The predicted octanol–water partition coefficient (Wildman–Crippen LogP) is 5.20. The number of aromatic nitrogens is 3. The highest BCUT2D eigenvalue weighted by Gasteiger charge is 2.20. The number of nitro groups is 1. The second-order valence-electron chi connectivity index (χ2n) is 7.56. The van der Waals surface area contributed by atoms with Crippen LogP contribution in [0.1, 0.15) is 16.7 Å². The summed E-state index contributed by atoms with van der Waals surface area (Å²) in [5.41, 5.74) is 4.04. The number of non-ortho nitro benzene ring substituents is 1. The van der Waals surface area contributed by atoms with Crippen molar-refractivity contribution in [3.05, 3.63) is 118 Å². The number of nitrogens with one attached hydrogen (secondary N) is 1. The molecule has 5 rings (SSSR count). The fourth-order valence-corrected chi connectivity index (χ4v) is 3.78. The molecular formula is C25H19N5O3. The molecule has 0 aliphatic heterocycles. The van der Waals surface area contributed by atoms with Gasteiger partial charge < -0.3 is 14.7 Å². The summed E-state index contributed by atoms with van der Waals surface area (Å²) < 4.78 is 1.98. The van der Waals surface area contributed by atoms with Crippen LogP contribution in [0, 0.1) is 10.1 Å². The molecule has 0 fully saturated rings. The van der Waals surface area contributed by atoms with Gasteiger partial charge in [0.05, 0.1) is 28.2 Å². The second kappa shape index (κ2) is 8.43. The maximum atomic E-state index is 11.3. The minimum atomic E-state index is -0.453. The largest absolute Gasteiger partial charge is 0.494 e. The summed E-state index contributed by atoms with van der Waals surface area (Å²) in [5.74, 6) is -0.0928. The van der Waals surface area contributed by atoms with Crippen LogP contribution in [0.25, 0.3) is 10.9 Å². The van der Waals surface area contributed by atoms with E-state index in [1.165, 1.54) is 12.1 Å². The van der Waals surface area contributed by atoms with E-state index >= 15 is 0 Å². The van der Waals surface area contributed by atoms with Crippen LogP contribution in [0.15, 0.2) is 96.5 Å². The summed E-state index contributed by atoms with van der Waals surface area (Å²) in [6.45, 7) is 0.697. The third kappa shape index (κ3) is 4.09. The van der Waals surface area contributed by atoms with Gasteiger partial charge in [-0.2, -0.15) is 0 Å². The van der Waals surface area contributed by atoms with E-state index in [0.29, 0.717) is 34.4 Å². The van der Waals surface area contributed by atoms with Crippen molar-refractivity contribution in [2.24, 2.45) is 4.99 Å². The molecule has 33 heavy (non-hydrogen) atoms. The van der Waals surface area contributed by atoms with Crippen LogP contribution in [0.2, 0.25) is 0 Å². The summed E-state index contributed by atoms with van der Waals surface area (Å²) in [5, 5.41) is 22.6. The number of hydrogen-bond donors (Lipinski definition) is 2. The molecule has 0 bridgehead atoms. The predicted molar refractivity (Wildman–Crippen MR) is 126 cm³/mol. The van der Waals surface area contributed by atoms with Crippen molar-refractivity contribution >= 4 is 28.0 Å². The Hall–Kier alpha value is -4.72. The summed E-state index contributed by atoms with van der Waals surface area (Å²) in [6.07, 6.45) is 5.40. The van der Waals surface area contributed by atoms with Crippen molar-refractivity contribution in [1.82, 2.24) is 14.5 Å². The summed E-state index contributed by atoms with van der Waals surface area (Å²) in [7, 11) is 0. The standard InChI is InChI=1S/C25H19N5O3/c31-25-23(21-14-20(30(32)33)10-11-22(21)28-25)24(18-4-2-1-3-5-18)27-19-8-6-17(7-9-19)15-29-13-12-26-16-29/h1-14,16,28,31H,15H2. The lowest BCUT2D eigenvalue weighted by Gasteiger charge is -2.08. The lowest BCUT2D eigenvalue weighted by molar-refractivity contribution is -0.384. The molecule has 8 heteroatoms. The quantitative estimate of drug-likeness (QED) is 0.216. The molecule has 2 aromatic heterocycles. The van der Waals surface area contributed by atoms with E-state index in [1.807, 2.05) is 65.4 Å². The number of imidazole rings is 1. The number of aliphatic imine (C=N–C) groups is 1. The van der Waals surface area contributed by atoms with Gasteiger partial charge in [0.15, 0.2) is 5.88 Å². The first kappa shape index (κ1) is 20.2. The third-order valence-corrected chi connectivity index (χ3v) is 5.36. The number of benzene rings is 3. The van der Waals surface area contributed by atoms with Gasteiger partial charge in [0, 0.05) is 47.5 Å². The Morgan fingerprint density at radius 3 is 2.58 bits per heavy atom. The average molecular weight is 437 g/mol. The number of rotatable bonds is 6. The van der Waals surface area contributed by atoms with Crippen LogP contribution >= 0.6 is 0 Å². The van der Waals surface area contributed by atoms with Crippen molar-refractivity contribution in [2.45, 2.75) is 6.54 Å². The fraction of sp³-hybridized carbons (Fsp3) is 0.0400. The molecule has 0 aliphatic carbocycles. The molecule has 8 nitrogen and oxygen atoms in total. The first-order valence-electron chi connectivity index (χ1n) is 10.3. The number of H-pyrrole nitrogens is 1. The van der Waals surface area contributed by atoms with Crippen molar-refractivity contribution in [3.63, 3.8) is 0 Å². The summed E-state index contributed by atoms with van der Waals surface area (Å²) >= 11 is 0. The first-order chi connectivity index (χ1) is 16.1. The lowest BCUT2D eigenvalue weighted by atomic mass is 10.0. The van der Waals surface area contributed by atoms with Crippen LogP contribution in [0.3, 0.4) is 0 Å². The maximum absolute atomic E-state index is 11.3. The Bertz CT molecular complexity index is 1450. The van der Waals surface area contributed by atoms with E-state index in [4.69, 9.17) is 4.99 Å². The highest BCUT2D eigenvalue weighted by molar-refractivity contribution is 6.22. The molecule has 3 aromatic carbocycles. The van der Waals surface area contributed by atoms with Crippen LogP contribution in [-0.2, 0) is 6.54 Å². The molecule has 0 unspecified atom stereocenters. The Labute approximate surface area is 188 Å². The van der Waals surface area contributed by atoms with Gasteiger partial charge in [-0.1, -0.05) is 42.5 Å². The lowest BCUT2D eigenvalue weighted by Crippen LogP contribution is -2.03. The molecule has 0 saturated heterocycles. The topological polar surface area (TPSA) is 109 Å². The van der Waals surface area contributed by atoms with Crippen LogP contribution in [0.5, 0.6) is 5.88 Å². The first-order valence-corrected chi connectivity index (χ1v) is 10.3. The van der Waals surface area contributed by atoms with Crippen molar-refractivity contribution in [1.29, 1.82) is 0 Å². The minimum absolute atomic E-state index is 0.0565. The smallest absolute Gasteiger partial charge is 0.270 e. The van der Waals surface area contributed by atoms with E-state index in [1.54, 1.807) is 18.6 Å². The minimum Gasteiger partial charge on any atom is -0.494 e. The highest BCUT2D eigenvalue weighted by Crippen LogP contribution is 2.33. The van der Waals surface area contributed by atoms with Crippen LogP contribution in [-0.4, -0.2) is 30.3 Å². The number of aromatic amines is 1. The van der Waals surface area contributed by atoms with Gasteiger partial charge in [-0.25, -0.2) is 9.98 Å². The van der Waals surface area contributed by atoms with Gasteiger partial charge in [0.1, 0.15) is 0 Å². The van der Waals surface area contributed by atoms with E-state index in [9.17, 15) is 15.2 Å². The number of fused-ring (bicyclic) bond motifs is 1. The molecule has 0 atom stereocenters. The molecule has 0 saturated carbocycles. The van der Waals surface area contributed by atoms with Gasteiger partial charge in [0.25, 0.3) is 5.69 Å². The Balaban J connectivity index is 1.62. The Morgan fingerprint density at radius 1 is 1.09 bits per heavy atom. The summed E-state index contributed by atoms with van der Waals surface area (Å²) in [4.78, 5) is 22.7. The van der Waals surface area contributed by atoms with Crippen molar-refractivity contribution < 1.29 is 10.0 Å². The van der Waals surface area contributed by atoms with E-state index in [-0.39, 0.29) is 11.6 Å². The van der Waals surface area contributed by atoms with Gasteiger partial charge in [-0.15, -0.1) is 0 Å². The maximum Gasteiger partial charge on any atom is 0.270 e. The Morgan fingerprint density at radius 2 is 1.88 bits per heavy atom. The van der Waals surface area contributed by atoms with E-state index in [2.05, 4.69) is 9.97 Å². The molecule has 0 amide bonds. The molecular weight excluding hydrogens is 418 g/mol. The monoisotopic (exact) mass is 437 g/mol. The molecule has 2 N–H and O–H groups in total. The number of nitro benzene ring substituents is 1. The SMILES string of the molecule is O=[N+]([O-])c1ccc2[nH]c(O)c(C(=Nc3ccc(Cn4ccnc4)cc3)c3ccccc3)c2c1. The Kier molecular flexibility index (Phi) is 5.16. The fourth-order valence-electron chi connectivity index (χ4n) is 3.78. The zero-order valence-electron chi connectivity index (χ0n) is 17.4. The van der Waals surface area contributed by atoms with Gasteiger partial charge in [-0.05, 0) is 23.8 Å². The van der Waals surface area contributed by atoms with Gasteiger partial charge in [-0.3, -0.25) is 10.1 Å². The number of hydrogen-bond acceptors (Lipinski definition) is 5.